The summed E-state index contributed by atoms with van der Waals surface area (Å²) in [6.45, 7) is 0. The summed E-state index contributed by atoms with van der Waals surface area (Å²) in [6, 6.07) is 7.57. The van der Waals surface area contributed by atoms with E-state index < -0.39 is 0 Å². The number of hydrogen-bond acceptors (Lipinski definition) is 0. The summed E-state index contributed by atoms with van der Waals surface area (Å²) in [6.07, 6.45) is 13.9. The van der Waals surface area contributed by atoms with Crippen LogP contribution >= 0.6 is 17.5 Å². The third-order valence-corrected chi connectivity index (χ3v) is 8.52. The predicted octanol–water partition coefficient (Wildman–Crippen LogP) is 6.87. The average molecular weight is 449 g/mol. The average Bonchev–Trinajstić information content (AvgIpc) is 2.58. The van der Waals surface area contributed by atoms with E-state index in [9.17, 15) is 4.39 Å². The van der Waals surface area contributed by atoms with E-state index in [0.29, 0.717) is 17.0 Å². The fourth-order valence-corrected chi connectivity index (χ4v) is 7.89. The molecule has 0 aromatic heterocycles. The maximum absolute atomic E-state index is 13.7. The van der Waals surface area contributed by atoms with Crippen LogP contribution in [0.3, 0.4) is 0 Å². The molecule has 0 saturated heterocycles. The summed E-state index contributed by atoms with van der Waals surface area (Å²) in [4.78, 5) is 0. The van der Waals surface area contributed by atoms with E-state index >= 15 is 0 Å². The van der Waals surface area contributed by atoms with Gasteiger partial charge >= 0.3 is 31.9 Å². The summed E-state index contributed by atoms with van der Waals surface area (Å²) in [5.74, 6) is -0.0402. The van der Waals surface area contributed by atoms with Gasteiger partial charge in [-0.05, 0) is 54.4 Å². The normalized spacial score (nSPS) is 20.3. The van der Waals surface area contributed by atoms with Gasteiger partial charge in [-0.1, -0.05) is 58.6 Å². The zero-order valence-electron chi connectivity index (χ0n) is 14.1. The van der Waals surface area contributed by atoms with Crippen LogP contribution in [-0.2, 0) is 17.0 Å². The van der Waals surface area contributed by atoms with Gasteiger partial charge in [0.2, 0.25) is 0 Å². The zero-order valence-corrected chi connectivity index (χ0v) is 17.3. The van der Waals surface area contributed by atoms with E-state index in [0.717, 1.165) is 11.3 Å². The Hall–Kier alpha value is 0.532. The Balaban J connectivity index is 0.000000595. The molecule has 0 N–H and O–H groups in total. The Morgan fingerprint density at radius 2 is 1.43 bits per heavy atom. The molecule has 0 nitrogen and oxygen atoms in total. The first-order valence-corrected chi connectivity index (χ1v) is 13.9. The van der Waals surface area contributed by atoms with Crippen LogP contribution in [0.2, 0.25) is 5.40 Å². The van der Waals surface area contributed by atoms with E-state index in [1.807, 2.05) is 17.5 Å². The molecule has 0 amide bonds. The number of hydrogen-bond donors (Lipinski definition) is 0. The Morgan fingerprint density at radius 3 is 1.87 bits per heavy atom. The summed E-state index contributed by atoms with van der Waals surface area (Å²) in [7, 11) is 4.90. The molecule has 1 aromatic rings. The zero-order chi connectivity index (χ0) is 16.5. The van der Waals surface area contributed by atoms with Crippen molar-refractivity contribution in [1.82, 2.24) is 0 Å². The Bertz CT molecular complexity index is 427. The van der Waals surface area contributed by atoms with Gasteiger partial charge in [-0.2, -0.15) is 0 Å². The number of halogens is 2. The molecule has 2 aliphatic carbocycles. The van der Waals surface area contributed by atoms with Crippen LogP contribution in [0.1, 0.15) is 64.2 Å². The molecule has 0 unspecified atom stereocenters. The van der Waals surface area contributed by atoms with Crippen LogP contribution < -0.4 is 5.30 Å². The van der Waals surface area contributed by atoms with Crippen molar-refractivity contribution in [3.05, 3.63) is 30.1 Å². The fourth-order valence-electron chi connectivity index (χ4n) is 4.07. The molecule has 3 rings (SSSR count). The van der Waals surface area contributed by atoms with Crippen LogP contribution in [0.5, 0.6) is 0 Å². The predicted molar refractivity (Wildman–Crippen MR) is 98.4 cm³/mol. The van der Waals surface area contributed by atoms with Crippen molar-refractivity contribution in [2.24, 2.45) is 0 Å². The second-order valence-electron chi connectivity index (χ2n) is 6.59. The minimum absolute atomic E-state index is 0.0402. The molecule has 0 radical (unpaired) electrons. The molecule has 1 aromatic carbocycles. The minimum atomic E-state index is -0.148. The van der Waals surface area contributed by atoms with Crippen LogP contribution in [0, 0.1) is 5.82 Å². The maximum atomic E-state index is 13.7. The molecular weight excluding hydrogens is 420 g/mol. The van der Waals surface area contributed by atoms with E-state index in [2.05, 4.69) is 6.07 Å². The van der Waals surface area contributed by atoms with Crippen molar-refractivity contribution in [1.29, 1.82) is 0 Å². The topological polar surface area (TPSA) is 0 Å². The van der Waals surface area contributed by atoms with Crippen molar-refractivity contribution in [2.75, 3.05) is 0 Å². The Morgan fingerprint density at radius 1 is 0.957 bits per heavy atom. The molecule has 23 heavy (non-hydrogen) atoms. The van der Waals surface area contributed by atoms with E-state index in [1.54, 1.807) is 6.07 Å². The first kappa shape index (κ1) is 19.9. The fraction of sp³-hybridized carbons (Fsp3) is 0.684. The molecule has 0 spiro atoms. The second kappa shape index (κ2) is 11.2. The quantitative estimate of drug-likeness (QED) is 0.349. The Kier molecular flexibility index (Phi) is 9.67. The van der Waals surface area contributed by atoms with Gasteiger partial charge in [0.1, 0.15) is 5.82 Å². The van der Waals surface area contributed by atoms with Crippen LogP contribution in [-0.4, -0.2) is 11.3 Å². The molecule has 134 valence electrons. The van der Waals surface area contributed by atoms with Crippen molar-refractivity contribution in [3.8, 4) is 0 Å². The van der Waals surface area contributed by atoms with Gasteiger partial charge in [0.05, 0.1) is 0 Å². The van der Waals surface area contributed by atoms with E-state index in [-0.39, 0.29) is 13.7 Å². The van der Waals surface area contributed by atoms with Gasteiger partial charge in [0.25, 0.3) is 0 Å². The monoisotopic (exact) mass is 448 g/mol. The molecular formula is C19H29ClFPPd. The van der Waals surface area contributed by atoms with E-state index in [1.165, 1.54) is 69.5 Å². The molecule has 0 aliphatic heterocycles. The van der Waals surface area contributed by atoms with Crippen molar-refractivity contribution in [3.63, 3.8) is 0 Å². The van der Waals surface area contributed by atoms with Crippen molar-refractivity contribution in [2.45, 2.75) is 80.9 Å². The van der Waals surface area contributed by atoms with Gasteiger partial charge in [-0.15, -0.1) is 0 Å². The molecule has 0 bridgehead atoms. The third-order valence-electron chi connectivity index (χ3n) is 5.04. The van der Waals surface area contributed by atoms with Crippen molar-refractivity contribution < 1.29 is 21.4 Å². The molecule has 2 fully saturated rings. The second-order valence-corrected chi connectivity index (χ2v) is 11.4. The van der Waals surface area contributed by atoms with Gasteiger partial charge in [-0.3, -0.25) is 0 Å². The standard InChI is InChI=1S/C18H26FP.CH3.ClH.Pd/c19-15-8-7-13-18(14-15)20(16-9-3-1-4-10-16)17-11-5-2-6-12-17;;;/h7-8,13-14,16-17H,1-6,9-12H2;1H3;1H;/q;;;+1/p-1. The molecule has 4 heteroatoms. The summed E-state index contributed by atoms with van der Waals surface area (Å²) in [5, 5.41) is 3.29. The van der Waals surface area contributed by atoms with Crippen molar-refractivity contribution >= 4 is 22.8 Å². The molecule has 2 saturated carbocycles. The molecule has 2 aliphatic rings. The first-order chi connectivity index (χ1) is 11.3. The van der Waals surface area contributed by atoms with E-state index in [4.69, 9.17) is 9.53 Å². The number of rotatable bonds is 3. The summed E-state index contributed by atoms with van der Waals surface area (Å²) in [5.41, 5.74) is 1.73. The van der Waals surface area contributed by atoms with Crippen LogP contribution in [0.4, 0.5) is 4.39 Å². The van der Waals surface area contributed by atoms with Crippen LogP contribution in [0.15, 0.2) is 24.3 Å². The summed E-state index contributed by atoms with van der Waals surface area (Å²) >= 11 is 0.422. The number of benzene rings is 1. The third kappa shape index (κ3) is 6.40. The van der Waals surface area contributed by atoms with Gasteiger partial charge in [0.15, 0.2) is 0 Å². The molecule has 0 heterocycles. The first-order valence-electron chi connectivity index (χ1n) is 8.82. The van der Waals surface area contributed by atoms with Gasteiger partial charge in [-0.25, -0.2) is 4.39 Å². The summed E-state index contributed by atoms with van der Waals surface area (Å²) < 4.78 is 13.7. The molecule has 0 atom stereocenters. The van der Waals surface area contributed by atoms with Crippen LogP contribution in [0.25, 0.3) is 0 Å². The Labute approximate surface area is 154 Å². The van der Waals surface area contributed by atoms with Gasteiger partial charge < -0.3 is 0 Å². The SMILES string of the molecule is Fc1cccc(P(C2CCCCC2)C2CCCCC2)c1.[CH3][Pd][Cl]. The van der Waals surface area contributed by atoms with Gasteiger partial charge in [0, 0.05) is 0 Å².